The highest BCUT2D eigenvalue weighted by molar-refractivity contribution is 7.98. The molecule has 0 N–H and O–H groups in total. The molecular weight excluding hydrogens is 338 g/mol. The quantitative estimate of drug-likeness (QED) is 0.407. The number of thioether (sulfide) groups is 1. The topological polar surface area (TPSA) is 57.0 Å². The molecule has 5 nitrogen and oxygen atoms in total. The molecule has 2 heterocycles. The van der Waals surface area contributed by atoms with Crippen LogP contribution >= 0.6 is 11.8 Å². The Hall–Kier alpha value is -2.73. The van der Waals surface area contributed by atoms with Crippen LogP contribution < -0.4 is 0 Å². The predicted octanol–water partition coefficient (Wildman–Crippen LogP) is 3.54. The van der Waals surface area contributed by atoms with Crippen LogP contribution in [0.25, 0.3) is 21.9 Å². The third-order valence-corrected chi connectivity index (χ3v) is 4.74. The second-order valence-corrected chi connectivity index (χ2v) is 6.14. The zero-order valence-corrected chi connectivity index (χ0v) is 14.9. The summed E-state index contributed by atoms with van der Waals surface area (Å²) in [5.41, 5.74) is 1.73. The lowest BCUT2D eigenvalue weighted by molar-refractivity contribution is -0.136. The Morgan fingerprint density at radius 1 is 1.12 bits per heavy atom. The predicted molar refractivity (Wildman–Crippen MR) is 98.7 cm³/mol. The van der Waals surface area contributed by atoms with Crippen LogP contribution in [0.5, 0.6) is 0 Å². The second kappa shape index (κ2) is 7.03. The van der Waals surface area contributed by atoms with Gasteiger partial charge in [-0.2, -0.15) is 0 Å². The molecule has 0 atom stereocenters. The molecule has 2 aromatic heterocycles. The van der Waals surface area contributed by atoms with Gasteiger partial charge in [-0.15, -0.1) is 11.8 Å². The van der Waals surface area contributed by atoms with Crippen LogP contribution in [0, 0.1) is 0 Å². The molecule has 0 radical (unpaired) electrons. The number of carbonyl (C=O) groups is 2. The van der Waals surface area contributed by atoms with Crippen LogP contribution in [-0.2, 0) is 19.1 Å². The number of esters is 2. The van der Waals surface area contributed by atoms with E-state index in [1.54, 1.807) is 0 Å². The molecule has 6 heteroatoms. The van der Waals surface area contributed by atoms with Gasteiger partial charge in [0, 0.05) is 22.6 Å². The Labute approximate surface area is 149 Å². The number of fused-ring (bicyclic) bond motifs is 3. The van der Waals surface area contributed by atoms with Crippen molar-refractivity contribution in [2.75, 3.05) is 20.5 Å². The summed E-state index contributed by atoms with van der Waals surface area (Å²) in [5, 5.41) is 2.16. The third kappa shape index (κ3) is 3.00. The van der Waals surface area contributed by atoms with Gasteiger partial charge in [-0.3, -0.25) is 0 Å². The molecule has 0 spiro atoms. The van der Waals surface area contributed by atoms with Gasteiger partial charge in [-0.05, 0) is 23.8 Å². The number of benzene rings is 1. The van der Waals surface area contributed by atoms with E-state index < -0.39 is 11.9 Å². The highest BCUT2D eigenvalue weighted by Gasteiger charge is 2.22. The van der Waals surface area contributed by atoms with Gasteiger partial charge in [0.15, 0.2) is 0 Å². The van der Waals surface area contributed by atoms with E-state index in [9.17, 15) is 9.59 Å². The number of methoxy groups -OCH3 is 2. The van der Waals surface area contributed by atoms with Crippen LogP contribution in [0.1, 0.15) is 5.69 Å². The maximum Gasteiger partial charge on any atom is 0.340 e. The van der Waals surface area contributed by atoms with E-state index in [0.29, 0.717) is 5.69 Å². The van der Waals surface area contributed by atoms with E-state index in [-0.39, 0.29) is 5.57 Å². The second-order valence-electron chi connectivity index (χ2n) is 5.29. The first-order valence-corrected chi connectivity index (χ1v) is 8.78. The summed E-state index contributed by atoms with van der Waals surface area (Å²) < 4.78 is 11.5. The van der Waals surface area contributed by atoms with Crippen LogP contribution in [0.2, 0.25) is 0 Å². The number of aromatic nitrogens is 1. The molecule has 0 unspecified atom stereocenters. The van der Waals surface area contributed by atoms with E-state index in [2.05, 4.69) is 0 Å². The maximum atomic E-state index is 12.3. The molecular formula is C19H17NO4S. The molecule has 3 aromatic rings. The summed E-state index contributed by atoms with van der Waals surface area (Å²) in [6.45, 7) is 0. The van der Waals surface area contributed by atoms with Crippen LogP contribution in [0.4, 0.5) is 0 Å². The Morgan fingerprint density at radius 2 is 1.88 bits per heavy atom. The van der Waals surface area contributed by atoms with Crippen LogP contribution in [0.3, 0.4) is 0 Å². The van der Waals surface area contributed by atoms with Crippen molar-refractivity contribution in [3.63, 3.8) is 0 Å². The summed E-state index contributed by atoms with van der Waals surface area (Å²) in [7, 11) is 2.56. The largest absolute Gasteiger partial charge is 0.466 e. The molecule has 0 saturated heterocycles. The van der Waals surface area contributed by atoms with Crippen molar-refractivity contribution in [2.45, 2.75) is 4.90 Å². The molecule has 0 fully saturated rings. The highest BCUT2D eigenvalue weighted by Crippen LogP contribution is 2.34. The van der Waals surface area contributed by atoms with Gasteiger partial charge >= 0.3 is 11.9 Å². The molecule has 0 aliphatic rings. The molecule has 0 bridgehead atoms. The van der Waals surface area contributed by atoms with Crippen molar-refractivity contribution >= 4 is 45.6 Å². The number of hydrogen-bond donors (Lipinski definition) is 0. The monoisotopic (exact) mass is 355 g/mol. The van der Waals surface area contributed by atoms with E-state index in [4.69, 9.17) is 9.47 Å². The summed E-state index contributed by atoms with van der Waals surface area (Å²) in [6.07, 6.45) is 4.98. The minimum Gasteiger partial charge on any atom is -0.466 e. The van der Waals surface area contributed by atoms with Gasteiger partial charge in [0.05, 0.1) is 31.0 Å². The molecule has 0 aliphatic carbocycles. The first-order chi connectivity index (χ1) is 12.1. The summed E-state index contributed by atoms with van der Waals surface area (Å²) in [4.78, 5) is 25.0. The van der Waals surface area contributed by atoms with E-state index in [1.807, 2.05) is 53.3 Å². The van der Waals surface area contributed by atoms with Gasteiger partial charge in [-0.1, -0.05) is 24.3 Å². The SMILES string of the molecule is COC(=O)/C=C(/C(=O)OC)c1c(SC)cc2c3ccccc3ccn12. The lowest BCUT2D eigenvalue weighted by Gasteiger charge is -2.09. The van der Waals surface area contributed by atoms with Gasteiger partial charge in [0.1, 0.15) is 0 Å². The number of ether oxygens (including phenoxy) is 2. The van der Waals surface area contributed by atoms with E-state index >= 15 is 0 Å². The zero-order chi connectivity index (χ0) is 18.0. The van der Waals surface area contributed by atoms with Crippen molar-refractivity contribution in [1.82, 2.24) is 4.40 Å². The average Bonchev–Trinajstić information content (AvgIpc) is 3.04. The number of nitrogens with zero attached hydrogens (tertiary/aromatic N) is 1. The minimum absolute atomic E-state index is 0.161. The highest BCUT2D eigenvalue weighted by atomic mass is 32.2. The Kier molecular flexibility index (Phi) is 4.81. The first kappa shape index (κ1) is 17.1. The molecule has 128 valence electrons. The molecule has 1 aromatic carbocycles. The number of rotatable bonds is 4. The van der Waals surface area contributed by atoms with E-state index in [0.717, 1.165) is 21.2 Å². The normalized spacial score (nSPS) is 11.7. The summed E-state index contributed by atoms with van der Waals surface area (Å²) >= 11 is 1.50. The lowest BCUT2D eigenvalue weighted by atomic mass is 10.1. The van der Waals surface area contributed by atoms with Gasteiger partial charge in [0.2, 0.25) is 0 Å². The fourth-order valence-corrected chi connectivity index (χ4v) is 3.45. The first-order valence-electron chi connectivity index (χ1n) is 7.55. The fourth-order valence-electron chi connectivity index (χ4n) is 2.82. The zero-order valence-electron chi connectivity index (χ0n) is 14.1. The smallest absolute Gasteiger partial charge is 0.340 e. The van der Waals surface area contributed by atoms with Crippen molar-refractivity contribution in [2.24, 2.45) is 0 Å². The number of hydrogen-bond acceptors (Lipinski definition) is 5. The molecule has 0 saturated carbocycles. The third-order valence-electron chi connectivity index (χ3n) is 3.99. The molecule has 3 rings (SSSR count). The minimum atomic E-state index is -0.608. The van der Waals surface area contributed by atoms with Crippen molar-refractivity contribution in [3.8, 4) is 0 Å². The Balaban J connectivity index is 2.36. The standard InChI is InChI=1S/C19H17NO4S/c1-23-17(21)10-14(19(22)24-2)18-16(25-3)11-15-13-7-5-4-6-12(13)8-9-20(15)18/h4-11H,1-3H3/b14-10+. The van der Waals surface area contributed by atoms with Crippen LogP contribution in [-0.4, -0.2) is 36.8 Å². The van der Waals surface area contributed by atoms with Gasteiger partial charge in [0.25, 0.3) is 0 Å². The van der Waals surface area contributed by atoms with Crippen molar-refractivity contribution < 1.29 is 19.1 Å². The van der Waals surface area contributed by atoms with Crippen molar-refractivity contribution in [3.05, 3.63) is 54.4 Å². The van der Waals surface area contributed by atoms with E-state index in [1.165, 1.54) is 32.1 Å². The van der Waals surface area contributed by atoms with Gasteiger partial charge in [-0.25, -0.2) is 9.59 Å². The van der Waals surface area contributed by atoms with Crippen molar-refractivity contribution in [1.29, 1.82) is 0 Å². The Morgan fingerprint density at radius 3 is 2.56 bits per heavy atom. The van der Waals surface area contributed by atoms with Gasteiger partial charge < -0.3 is 13.9 Å². The summed E-state index contributed by atoms with van der Waals surface area (Å²) in [5.74, 6) is -1.20. The number of carbonyl (C=O) groups excluding carboxylic acids is 2. The summed E-state index contributed by atoms with van der Waals surface area (Å²) in [6, 6.07) is 12.0. The molecule has 25 heavy (non-hydrogen) atoms. The average molecular weight is 355 g/mol. The van der Waals surface area contributed by atoms with Crippen LogP contribution in [0.15, 0.2) is 53.6 Å². The Bertz CT molecular complexity index is 1000. The molecule has 0 amide bonds. The molecule has 0 aliphatic heterocycles. The fraction of sp³-hybridized carbons (Fsp3) is 0.158. The number of pyridine rings is 1. The maximum absolute atomic E-state index is 12.3. The lowest BCUT2D eigenvalue weighted by Crippen LogP contribution is -2.10.